The maximum Gasteiger partial charge on any atom is 0.323 e. The molecule has 0 aliphatic rings. The van der Waals surface area contributed by atoms with Gasteiger partial charge in [0, 0.05) is 6.61 Å². The summed E-state index contributed by atoms with van der Waals surface area (Å²) >= 11 is 0. The van der Waals surface area contributed by atoms with Crippen molar-refractivity contribution in [2.24, 2.45) is 0 Å². The molecule has 0 saturated carbocycles. The number of rotatable bonds is 10. The number of nitrogens with one attached hydrogen (secondary N) is 1. The zero-order valence-electron chi connectivity index (χ0n) is 10.4. The number of aliphatic carboxylic acids is 1. The number of hydrogen-bond acceptors (Lipinski definition) is 4. The second-order valence-electron chi connectivity index (χ2n) is 3.65. The Kier molecular flexibility index (Phi) is 9.18. The van der Waals surface area contributed by atoms with Gasteiger partial charge in [0.25, 0.3) is 0 Å². The molecule has 0 radical (unpaired) electrons. The Morgan fingerprint density at radius 3 is 2.56 bits per heavy atom. The van der Waals surface area contributed by atoms with E-state index in [1.165, 1.54) is 0 Å². The second-order valence-corrected chi connectivity index (χ2v) is 3.65. The third-order valence-electron chi connectivity index (χ3n) is 2.04. The molecule has 16 heavy (non-hydrogen) atoms. The van der Waals surface area contributed by atoms with Crippen molar-refractivity contribution in [3.05, 3.63) is 0 Å². The molecular formula is C11H23NO4. The Balaban J connectivity index is 3.78. The van der Waals surface area contributed by atoms with Crippen LogP contribution in [0.3, 0.4) is 0 Å². The van der Waals surface area contributed by atoms with E-state index in [0.29, 0.717) is 19.8 Å². The molecule has 0 fully saturated rings. The van der Waals surface area contributed by atoms with Gasteiger partial charge in [0.1, 0.15) is 6.04 Å². The first-order valence-corrected chi connectivity index (χ1v) is 5.77. The first-order valence-electron chi connectivity index (χ1n) is 5.77. The van der Waals surface area contributed by atoms with Crippen molar-refractivity contribution in [1.29, 1.82) is 0 Å². The minimum atomic E-state index is -0.878. The molecule has 0 saturated heterocycles. The van der Waals surface area contributed by atoms with E-state index in [9.17, 15) is 4.79 Å². The van der Waals surface area contributed by atoms with E-state index >= 15 is 0 Å². The maximum atomic E-state index is 10.9. The van der Waals surface area contributed by atoms with Crippen LogP contribution in [0.5, 0.6) is 0 Å². The third-order valence-corrected chi connectivity index (χ3v) is 2.04. The van der Waals surface area contributed by atoms with Crippen molar-refractivity contribution < 1.29 is 19.4 Å². The Morgan fingerprint density at radius 1 is 1.38 bits per heavy atom. The van der Waals surface area contributed by atoms with Gasteiger partial charge in [0.2, 0.25) is 0 Å². The minimum absolute atomic E-state index is 0.0785. The first kappa shape index (κ1) is 15.3. The zero-order valence-corrected chi connectivity index (χ0v) is 10.4. The van der Waals surface area contributed by atoms with E-state index in [1.807, 2.05) is 20.8 Å². The molecule has 96 valence electrons. The van der Waals surface area contributed by atoms with E-state index < -0.39 is 12.0 Å². The van der Waals surface area contributed by atoms with Crippen molar-refractivity contribution in [3.8, 4) is 0 Å². The molecule has 2 atom stereocenters. The van der Waals surface area contributed by atoms with Crippen LogP contribution >= 0.6 is 0 Å². The lowest BCUT2D eigenvalue weighted by Gasteiger charge is -2.18. The molecular weight excluding hydrogens is 210 g/mol. The lowest BCUT2D eigenvalue weighted by atomic mass is 10.3. The van der Waals surface area contributed by atoms with Crippen LogP contribution in [-0.4, -0.2) is 49.6 Å². The predicted octanol–water partition coefficient (Wildman–Crippen LogP) is 0.881. The van der Waals surface area contributed by atoms with Crippen LogP contribution in [0.4, 0.5) is 0 Å². The average Bonchev–Trinajstić information content (AvgIpc) is 2.25. The van der Waals surface area contributed by atoms with E-state index in [4.69, 9.17) is 14.6 Å². The summed E-state index contributed by atoms with van der Waals surface area (Å²) in [7, 11) is 0. The summed E-state index contributed by atoms with van der Waals surface area (Å²) in [4.78, 5) is 10.9. The largest absolute Gasteiger partial charge is 0.480 e. The van der Waals surface area contributed by atoms with Gasteiger partial charge >= 0.3 is 5.97 Å². The number of carboxylic acid groups (broad SMARTS) is 1. The van der Waals surface area contributed by atoms with Crippen LogP contribution in [0.1, 0.15) is 27.2 Å². The van der Waals surface area contributed by atoms with E-state index in [1.54, 1.807) is 0 Å². The van der Waals surface area contributed by atoms with Crippen LogP contribution in [0.15, 0.2) is 0 Å². The monoisotopic (exact) mass is 233 g/mol. The fourth-order valence-electron chi connectivity index (χ4n) is 1.13. The van der Waals surface area contributed by atoms with Gasteiger partial charge in [-0.25, -0.2) is 0 Å². The Labute approximate surface area is 97.1 Å². The van der Waals surface area contributed by atoms with Gasteiger partial charge in [-0.2, -0.15) is 0 Å². The van der Waals surface area contributed by atoms with Crippen LogP contribution in [-0.2, 0) is 14.3 Å². The highest BCUT2D eigenvalue weighted by Crippen LogP contribution is 1.95. The lowest BCUT2D eigenvalue weighted by molar-refractivity contribution is -0.142. The van der Waals surface area contributed by atoms with Crippen molar-refractivity contribution in [3.63, 3.8) is 0 Å². The van der Waals surface area contributed by atoms with Crippen LogP contribution < -0.4 is 5.32 Å². The molecule has 5 nitrogen and oxygen atoms in total. The highest BCUT2D eigenvalue weighted by atomic mass is 16.5. The maximum absolute atomic E-state index is 10.9. The lowest BCUT2D eigenvalue weighted by Crippen LogP contribution is -2.42. The second kappa shape index (κ2) is 9.57. The Hall–Kier alpha value is -0.650. The molecule has 2 N–H and O–H groups in total. The number of carbonyl (C=O) groups is 1. The quantitative estimate of drug-likeness (QED) is 0.586. The summed E-state index contributed by atoms with van der Waals surface area (Å²) in [6, 6.07) is -0.635. The molecule has 0 spiro atoms. The van der Waals surface area contributed by atoms with Crippen molar-refractivity contribution in [2.45, 2.75) is 39.3 Å². The van der Waals surface area contributed by atoms with Crippen LogP contribution in [0, 0.1) is 0 Å². The SMILES string of the molecule is CCCNC(COC(C)COCC)C(=O)O. The third kappa shape index (κ3) is 7.62. The molecule has 0 aromatic rings. The summed E-state index contributed by atoms with van der Waals surface area (Å²) in [6.07, 6.45) is 0.823. The molecule has 0 aromatic heterocycles. The van der Waals surface area contributed by atoms with Gasteiger partial charge in [-0.15, -0.1) is 0 Å². The number of hydrogen-bond donors (Lipinski definition) is 2. The summed E-state index contributed by atoms with van der Waals surface area (Å²) in [5.74, 6) is -0.878. The van der Waals surface area contributed by atoms with Gasteiger partial charge < -0.3 is 19.9 Å². The van der Waals surface area contributed by atoms with E-state index in [2.05, 4.69) is 5.32 Å². The fraction of sp³-hybridized carbons (Fsp3) is 0.909. The Morgan fingerprint density at radius 2 is 2.06 bits per heavy atom. The highest BCUT2D eigenvalue weighted by molar-refractivity contribution is 5.73. The minimum Gasteiger partial charge on any atom is -0.480 e. The molecule has 0 aromatic carbocycles. The topological polar surface area (TPSA) is 67.8 Å². The van der Waals surface area contributed by atoms with Crippen molar-refractivity contribution >= 4 is 5.97 Å². The fourth-order valence-corrected chi connectivity index (χ4v) is 1.13. The van der Waals surface area contributed by atoms with Gasteiger partial charge in [-0.05, 0) is 26.8 Å². The van der Waals surface area contributed by atoms with Gasteiger partial charge in [-0.3, -0.25) is 4.79 Å². The zero-order chi connectivity index (χ0) is 12.4. The Bertz CT molecular complexity index is 187. The molecule has 2 unspecified atom stereocenters. The average molecular weight is 233 g/mol. The van der Waals surface area contributed by atoms with Crippen molar-refractivity contribution in [2.75, 3.05) is 26.4 Å². The summed E-state index contributed by atoms with van der Waals surface area (Å²) in [5.41, 5.74) is 0. The molecule has 0 rings (SSSR count). The van der Waals surface area contributed by atoms with Crippen LogP contribution in [0.2, 0.25) is 0 Å². The molecule has 0 bridgehead atoms. The van der Waals surface area contributed by atoms with Gasteiger partial charge in [0.15, 0.2) is 0 Å². The summed E-state index contributed by atoms with van der Waals surface area (Å²) < 4.78 is 10.6. The standard InChI is InChI=1S/C11H23NO4/c1-4-6-12-10(11(13)14)8-16-9(3)7-15-5-2/h9-10,12H,4-8H2,1-3H3,(H,13,14). The smallest absolute Gasteiger partial charge is 0.323 e. The van der Waals surface area contributed by atoms with Gasteiger partial charge in [0.05, 0.1) is 19.3 Å². The number of carboxylic acids is 1. The predicted molar refractivity (Wildman–Crippen MR) is 61.6 cm³/mol. The van der Waals surface area contributed by atoms with Crippen LogP contribution in [0.25, 0.3) is 0 Å². The van der Waals surface area contributed by atoms with Crippen molar-refractivity contribution in [1.82, 2.24) is 5.32 Å². The summed E-state index contributed by atoms with van der Waals surface area (Å²) in [6.45, 7) is 7.76. The molecule has 0 aliphatic carbocycles. The number of ether oxygens (including phenoxy) is 2. The highest BCUT2D eigenvalue weighted by Gasteiger charge is 2.17. The molecule has 0 aliphatic heterocycles. The molecule has 0 heterocycles. The summed E-state index contributed by atoms with van der Waals surface area (Å²) in [5, 5.41) is 11.8. The normalized spacial score (nSPS) is 14.7. The molecule has 5 heteroatoms. The van der Waals surface area contributed by atoms with Gasteiger partial charge in [-0.1, -0.05) is 6.92 Å². The van der Waals surface area contributed by atoms with E-state index in [0.717, 1.165) is 6.42 Å². The molecule has 0 amide bonds. The van der Waals surface area contributed by atoms with E-state index in [-0.39, 0.29) is 12.7 Å². The first-order chi connectivity index (χ1) is 7.61.